The molecule has 3 heteroatoms. The Morgan fingerprint density at radius 1 is 1.08 bits per heavy atom. The monoisotopic (exact) mass is 184 g/mol. The lowest BCUT2D eigenvalue weighted by Crippen LogP contribution is -2.05. The fraction of sp³-hybridized carbons (Fsp3) is 0.222. The molecule has 1 aromatic rings. The molecule has 1 rings (SSSR count). The molecule has 2 N–H and O–H groups in total. The van der Waals surface area contributed by atoms with Gasteiger partial charge >= 0.3 is 0 Å². The van der Waals surface area contributed by atoms with Crippen LogP contribution in [0.15, 0.2) is 18.2 Å². The van der Waals surface area contributed by atoms with Crippen LogP contribution < -0.4 is 5.30 Å². The predicted molar refractivity (Wildman–Crippen MR) is 54.0 cm³/mol. The molecule has 0 aliphatic carbocycles. The van der Waals surface area contributed by atoms with E-state index in [-0.39, 0.29) is 0 Å². The van der Waals surface area contributed by atoms with E-state index in [0.29, 0.717) is 5.30 Å². The van der Waals surface area contributed by atoms with Gasteiger partial charge in [-0.25, -0.2) is 0 Å². The molecule has 0 fully saturated rings. The van der Waals surface area contributed by atoms with Gasteiger partial charge in [0.1, 0.15) is 7.34 Å². The summed E-state index contributed by atoms with van der Waals surface area (Å²) in [6, 6.07) is 5.50. The van der Waals surface area contributed by atoms with Crippen molar-refractivity contribution in [1.29, 1.82) is 0 Å². The average Bonchev–Trinajstić information content (AvgIpc) is 1.82. The van der Waals surface area contributed by atoms with Gasteiger partial charge in [0.2, 0.25) is 0 Å². The molecule has 66 valence electrons. The summed E-state index contributed by atoms with van der Waals surface area (Å²) in [7, 11) is -3.07. The SMILES string of the molecule is C=P(O)(O)c1cc(C)cc(C)c1. The average molecular weight is 184 g/mol. The Balaban J connectivity index is 3.27. The molecular weight excluding hydrogens is 171 g/mol. The van der Waals surface area contributed by atoms with E-state index in [1.165, 1.54) is 0 Å². The number of hydrogen-bond acceptors (Lipinski definition) is 2. The number of hydrogen-bond donors (Lipinski definition) is 2. The fourth-order valence-electron chi connectivity index (χ4n) is 1.16. The van der Waals surface area contributed by atoms with Gasteiger partial charge in [-0.3, -0.25) is 0 Å². The molecule has 0 saturated heterocycles. The van der Waals surface area contributed by atoms with Crippen molar-refractivity contribution in [2.75, 3.05) is 0 Å². The first-order valence-electron chi connectivity index (χ1n) is 3.67. The van der Waals surface area contributed by atoms with Gasteiger partial charge in [-0.05, 0) is 32.3 Å². The van der Waals surface area contributed by atoms with Crippen molar-refractivity contribution in [1.82, 2.24) is 0 Å². The second-order valence-electron chi connectivity index (χ2n) is 3.08. The quantitative estimate of drug-likeness (QED) is 0.644. The highest BCUT2D eigenvalue weighted by atomic mass is 31.2. The van der Waals surface area contributed by atoms with Crippen LogP contribution in [0.3, 0.4) is 0 Å². The molecule has 1 aromatic carbocycles. The first-order chi connectivity index (χ1) is 5.39. The van der Waals surface area contributed by atoms with E-state index >= 15 is 0 Å². The van der Waals surface area contributed by atoms with Crippen LogP contribution in [0.5, 0.6) is 0 Å². The molecule has 0 spiro atoms. The number of rotatable bonds is 1. The molecule has 0 heterocycles. The van der Waals surface area contributed by atoms with Crippen LogP contribution in [0.2, 0.25) is 0 Å². The van der Waals surface area contributed by atoms with Crippen molar-refractivity contribution in [2.24, 2.45) is 0 Å². The van der Waals surface area contributed by atoms with Gasteiger partial charge in [-0.1, -0.05) is 17.2 Å². The summed E-state index contributed by atoms with van der Waals surface area (Å²) in [6.45, 7) is 3.85. The highest BCUT2D eigenvalue weighted by Gasteiger charge is 2.08. The van der Waals surface area contributed by atoms with E-state index in [1.54, 1.807) is 12.1 Å². The third-order valence-corrected chi connectivity index (χ3v) is 2.71. The summed E-state index contributed by atoms with van der Waals surface area (Å²) < 4.78 is 0. The first kappa shape index (κ1) is 9.53. The summed E-state index contributed by atoms with van der Waals surface area (Å²) in [4.78, 5) is 18.6. The van der Waals surface area contributed by atoms with Gasteiger partial charge in [-0.2, -0.15) is 0 Å². The second-order valence-corrected chi connectivity index (χ2v) is 5.05. The van der Waals surface area contributed by atoms with Crippen LogP contribution in [-0.4, -0.2) is 16.1 Å². The van der Waals surface area contributed by atoms with Crippen molar-refractivity contribution in [2.45, 2.75) is 13.8 Å². The van der Waals surface area contributed by atoms with Gasteiger partial charge < -0.3 is 9.79 Å². The van der Waals surface area contributed by atoms with E-state index in [0.717, 1.165) is 11.1 Å². The Labute approximate surface area is 72.6 Å². The molecule has 0 amide bonds. The third-order valence-electron chi connectivity index (χ3n) is 1.62. The minimum absolute atomic E-state index is 0.542. The molecule has 2 nitrogen and oxygen atoms in total. The standard InChI is InChI=1S/C9H13O2P/c1-7-4-8(2)6-9(5-7)12(3,10)11/h4-6,10-11H,3H2,1-2H3. The Morgan fingerprint density at radius 3 is 1.83 bits per heavy atom. The topological polar surface area (TPSA) is 40.5 Å². The zero-order valence-electron chi connectivity index (χ0n) is 7.28. The lowest BCUT2D eigenvalue weighted by molar-refractivity contribution is 0.491. The van der Waals surface area contributed by atoms with Crippen molar-refractivity contribution >= 4 is 18.9 Å². The first-order valence-corrected chi connectivity index (χ1v) is 5.55. The van der Waals surface area contributed by atoms with Crippen LogP contribution in [-0.2, 0) is 0 Å². The van der Waals surface area contributed by atoms with E-state index < -0.39 is 7.34 Å². The van der Waals surface area contributed by atoms with E-state index in [2.05, 4.69) is 6.30 Å². The van der Waals surface area contributed by atoms with Gasteiger partial charge in [0.25, 0.3) is 0 Å². The minimum atomic E-state index is -3.07. The summed E-state index contributed by atoms with van der Waals surface area (Å²) in [5.74, 6) is 0. The summed E-state index contributed by atoms with van der Waals surface area (Å²) in [6.07, 6.45) is 3.35. The van der Waals surface area contributed by atoms with Crippen LogP contribution >= 0.6 is 7.34 Å². The molecule has 0 radical (unpaired) electrons. The van der Waals surface area contributed by atoms with Crippen LogP contribution in [0.1, 0.15) is 11.1 Å². The summed E-state index contributed by atoms with van der Waals surface area (Å²) >= 11 is 0. The third kappa shape index (κ3) is 2.21. The number of benzene rings is 1. The maximum Gasteiger partial charge on any atom is 0.142 e. The molecule has 0 bridgehead atoms. The Kier molecular flexibility index (Phi) is 2.43. The summed E-state index contributed by atoms with van der Waals surface area (Å²) in [5, 5.41) is 0.542. The van der Waals surface area contributed by atoms with E-state index in [9.17, 15) is 9.79 Å². The van der Waals surface area contributed by atoms with E-state index in [1.807, 2.05) is 19.9 Å². The molecule has 0 aliphatic rings. The predicted octanol–water partition coefficient (Wildman–Crippen LogP) is 1.19. The summed E-state index contributed by atoms with van der Waals surface area (Å²) in [5.41, 5.74) is 2.06. The van der Waals surface area contributed by atoms with Crippen LogP contribution in [0.4, 0.5) is 0 Å². The molecular formula is C9H13O2P. The highest BCUT2D eigenvalue weighted by Crippen LogP contribution is 2.32. The Bertz CT molecular complexity index is 318. The van der Waals surface area contributed by atoms with Gasteiger partial charge in [-0.15, -0.1) is 0 Å². The van der Waals surface area contributed by atoms with Crippen LogP contribution in [0, 0.1) is 13.8 Å². The van der Waals surface area contributed by atoms with Crippen molar-refractivity contribution in [3.8, 4) is 0 Å². The largest absolute Gasteiger partial charge is 0.350 e. The second kappa shape index (κ2) is 3.06. The molecule has 0 saturated carbocycles. The van der Waals surface area contributed by atoms with Crippen molar-refractivity contribution in [3.05, 3.63) is 29.3 Å². The zero-order valence-corrected chi connectivity index (χ0v) is 8.18. The maximum atomic E-state index is 9.29. The molecule has 0 aliphatic heterocycles. The smallest absolute Gasteiger partial charge is 0.142 e. The van der Waals surface area contributed by atoms with Crippen molar-refractivity contribution < 1.29 is 9.79 Å². The molecule has 0 atom stereocenters. The van der Waals surface area contributed by atoms with Gasteiger partial charge in [0.15, 0.2) is 0 Å². The molecule has 12 heavy (non-hydrogen) atoms. The molecule has 0 aromatic heterocycles. The lowest BCUT2D eigenvalue weighted by atomic mass is 10.2. The zero-order chi connectivity index (χ0) is 9.35. The normalized spacial score (nSPS) is 11.7. The Morgan fingerprint density at radius 2 is 1.50 bits per heavy atom. The Hall–Kier alpha value is -0.560. The van der Waals surface area contributed by atoms with Gasteiger partial charge in [0, 0.05) is 5.30 Å². The lowest BCUT2D eigenvalue weighted by Gasteiger charge is -2.11. The van der Waals surface area contributed by atoms with E-state index in [4.69, 9.17) is 0 Å². The minimum Gasteiger partial charge on any atom is -0.350 e. The molecule has 0 unspecified atom stereocenters. The maximum absolute atomic E-state index is 9.29. The fourth-order valence-corrected chi connectivity index (χ4v) is 1.98. The van der Waals surface area contributed by atoms with Crippen molar-refractivity contribution in [3.63, 3.8) is 0 Å². The van der Waals surface area contributed by atoms with Gasteiger partial charge in [0.05, 0.1) is 0 Å². The highest BCUT2D eigenvalue weighted by molar-refractivity contribution is 7.70. The number of aryl methyl sites for hydroxylation is 2. The van der Waals surface area contributed by atoms with Crippen LogP contribution in [0.25, 0.3) is 0 Å².